The molecule has 1 nitrogen and oxygen atoms in total. The van der Waals surface area contributed by atoms with Gasteiger partial charge in [0.25, 0.3) is 0 Å². The zero-order valence-electron chi connectivity index (χ0n) is 4.54. The first-order valence-corrected chi connectivity index (χ1v) is 5.03. The van der Waals surface area contributed by atoms with Crippen LogP contribution in [0.2, 0.25) is 5.02 Å². The van der Waals surface area contributed by atoms with Crippen molar-refractivity contribution in [2.45, 2.75) is 0 Å². The van der Waals surface area contributed by atoms with Crippen LogP contribution >= 0.6 is 59.4 Å². The summed E-state index contributed by atoms with van der Waals surface area (Å²) in [4.78, 5) is 3.95. The Balaban J connectivity index is 3.34. The summed E-state index contributed by atoms with van der Waals surface area (Å²) in [6.45, 7) is 0. The van der Waals surface area contributed by atoms with Gasteiger partial charge in [0.2, 0.25) is 0 Å². The Morgan fingerprint density at radius 3 is 2.30 bits per heavy atom. The van der Waals surface area contributed by atoms with Crippen LogP contribution in [-0.2, 0) is 0 Å². The Hall–Kier alpha value is 0.880. The molecule has 0 unspecified atom stereocenters. The van der Waals surface area contributed by atoms with Crippen molar-refractivity contribution in [3.63, 3.8) is 0 Å². The quantitative estimate of drug-likeness (QED) is 0.644. The highest BCUT2D eigenvalue weighted by Crippen LogP contribution is 2.33. The Labute approximate surface area is 88.6 Å². The van der Waals surface area contributed by atoms with Gasteiger partial charge in [-0.3, -0.25) is 0 Å². The molecule has 1 aromatic rings. The minimum absolute atomic E-state index is 0.593. The van der Waals surface area contributed by atoms with E-state index >= 15 is 0 Å². The third-order valence-electron chi connectivity index (χ3n) is 0.875. The Bertz CT molecular complexity index is 236. The van der Waals surface area contributed by atoms with Crippen molar-refractivity contribution in [2.75, 3.05) is 0 Å². The molecule has 10 heavy (non-hydrogen) atoms. The third-order valence-corrected chi connectivity index (χ3v) is 4.65. The monoisotopic (exact) mass is 347 g/mol. The molecule has 0 saturated carbocycles. The zero-order chi connectivity index (χ0) is 7.72. The second-order valence-corrected chi connectivity index (χ2v) is 4.27. The van der Waals surface area contributed by atoms with Crippen LogP contribution in [0.5, 0.6) is 0 Å². The second kappa shape index (κ2) is 3.52. The fourth-order valence-electron chi connectivity index (χ4n) is 0.422. The van der Waals surface area contributed by atoms with Gasteiger partial charge in [-0.1, -0.05) is 11.6 Å². The Kier molecular flexibility index (Phi) is 3.16. The van der Waals surface area contributed by atoms with Gasteiger partial charge in [0, 0.05) is 6.20 Å². The molecule has 0 atom stereocenters. The van der Waals surface area contributed by atoms with Gasteiger partial charge < -0.3 is 0 Å². The Morgan fingerprint density at radius 2 is 1.80 bits per heavy atom. The van der Waals surface area contributed by atoms with E-state index in [-0.39, 0.29) is 0 Å². The molecule has 1 rings (SSSR count). The van der Waals surface area contributed by atoms with Gasteiger partial charge >= 0.3 is 0 Å². The predicted molar refractivity (Wildman–Crippen MR) is 52.3 cm³/mol. The number of hydrogen-bond donors (Lipinski definition) is 0. The van der Waals surface area contributed by atoms with Gasteiger partial charge in [-0.15, -0.1) is 0 Å². The van der Waals surface area contributed by atoms with E-state index in [0.29, 0.717) is 5.02 Å². The normalized spacial score (nSPS) is 10.0. The number of nitrogens with zero attached hydrogens (tertiary/aromatic N) is 1. The van der Waals surface area contributed by atoms with Crippen LogP contribution in [0.1, 0.15) is 0 Å². The zero-order valence-corrected chi connectivity index (χ0v) is 10.1. The molecule has 0 radical (unpaired) electrons. The molecule has 1 heterocycles. The first-order valence-electron chi connectivity index (χ1n) is 2.28. The molecule has 0 amide bonds. The number of rotatable bonds is 0. The number of aromatic nitrogens is 1. The van der Waals surface area contributed by atoms with E-state index < -0.39 is 0 Å². The van der Waals surface area contributed by atoms with Gasteiger partial charge in [-0.05, 0) is 47.8 Å². The molecule has 1 aromatic heterocycles. The van der Waals surface area contributed by atoms with E-state index in [1.54, 1.807) is 6.20 Å². The summed E-state index contributed by atoms with van der Waals surface area (Å²) < 4.78 is 2.39. The average molecular weight is 350 g/mol. The molecule has 5 heteroatoms. The van der Waals surface area contributed by atoms with Crippen LogP contribution in [0.4, 0.5) is 0 Å². The van der Waals surface area contributed by atoms with E-state index in [1.807, 2.05) is 0 Å². The van der Waals surface area contributed by atoms with Gasteiger partial charge in [-0.25, -0.2) is 4.98 Å². The third kappa shape index (κ3) is 1.72. The van der Waals surface area contributed by atoms with Crippen molar-refractivity contribution in [3.05, 3.63) is 24.8 Å². The minimum Gasteiger partial charge on any atom is -0.247 e. The second-order valence-electron chi connectivity index (χ2n) is 1.52. The van der Waals surface area contributed by atoms with Crippen LogP contribution < -0.4 is 0 Å². The minimum atomic E-state index is 0.593. The van der Waals surface area contributed by atoms with E-state index in [1.165, 1.54) is 0 Å². The van der Waals surface area contributed by atoms with Crippen molar-refractivity contribution in [2.24, 2.45) is 0 Å². The lowest BCUT2D eigenvalue weighted by Gasteiger charge is -1.98. The summed E-state index contributed by atoms with van der Waals surface area (Å²) in [6.07, 6.45) is 1.57. The summed E-state index contributed by atoms with van der Waals surface area (Å²) in [6, 6.07) is 0. The maximum Gasteiger partial charge on any atom is 0.121 e. The van der Waals surface area contributed by atoms with Crippen LogP contribution in [0, 0.1) is 0 Å². The lowest BCUT2D eigenvalue weighted by Crippen LogP contribution is -1.79. The summed E-state index contributed by atoms with van der Waals surface area (Å²) in [5.74, 6) is 0. The van der Waals surface area contributed by atoms with Crippen molar-refractivity contribution in [1.29, 1.82) is 0 Å². The molecule has 0 aromatic carbocycles. The standard InChI is InChI=1S/C5HBr3ClN/c6-3-2(9)1-10-5(8)4(3)7/h1H. The van der Waals surface area contributed by atoms with E-state index in [9.17, 15) is 0 Å². The van der Waals surface area contributed by atoms with Crippen LogP contribution in [0.3, 0.4) is 0 Å². The predicted octanol–water partition coefficient (Wildman–Crippen LogP) is 4.02. The lowest BCUT2D eigenvalue weighted by molar-refractivity contribution is 1.24. The topological polar surface area (TPSA) is 12.9 Å². The highest BCUT2D eigenvalue weighted by atomic mass is 79.9. The molecular formula is C5HBr3ClN. The summed E-state index contributed by atoms with van der Waals surface area (Å²) in [5, 5.41) is 0.593. The first-order chi connectivity index (χ1) is 4.63. The van der Waals surface area contributed by atoms with Crippen molar-refractivity contribution in [3.8, 4) is 0 Å². The maximum atomic E-state index is 5.73. The lowest BCUT2D eigenvalue weighted by atomic mass is 10.5. The first kappa shape index (κ1) is 8.97. The highest BCUT2D eigenvalue weighted by molar-refractivity contribution is 9.14. The fraction of sp³-hybridized carbons (Fsp3) is 0. The molecule has 0 N–H and O–H groups in total. The van der Waals surface area contributed by atoms with Crippen LogP contribution in [0.15, 0.2) is 19.7 Å². The van der Waals surface area contributed by atoms with Gasteiger partial charge in [-0.2, -0.15) is 0 Å². The van der Waals surface area contributed by atoms with E-state index in [0.717, 1.165) is 13.5 Å². The van der Waals surface area contributed by atoms with Crippen LogP contribution in [-0.4, -0.2) is 4.98 Å². The molecule has 0 spiro atoms. The van der Waals surface area contributed by atoms with Gasteiger partial charge in [0.15, 0.2) is 0 Å². The van der Waals surface area contributed by atoms with Crippen LogP contribution in [0.25, 0.3) is 0 Å². The van der Waals surface area contributed by atoms with E-state index in [2.05, 4.69) is 52.8 Å². The molecule has 0 fully saturated rings. The average Bonchev–Trinajstić information content (AvgIpc) is 1.93. The molecule has 0 aliphatic carbocycles. The molecule has 0 aliphatic heterocycles. The fourth-order valence-corrected chi connectivity index (χ4v) is 1.85. The van der Waals surface area contributed by atoms with E-state index in [4.69, 9.17) is 11.6 Å². The van der Waals surface area contributed by atoms with Crippen molar-refractivity contribution >= 4 is 59.4 Å². The van der Waals surface area contributed by atoms with Gasteiger partial charge in [0.05, 0.1) is 14.0 Å². The van der Waals surface area contributed by atoms with Crippen molar-refractivity contribution < 1.29 is 0 Å². The number of halogens is 4. The maximum absolute atomic E-state index is 5.73. The molecule has 54 valence electrons. The Morgan fingerprint density at radius 1 is 1.20 bits per heavy atom. The molecule has 0 saturated heterocycles. The smallest absolute Gasteiger partial charge is 0.121 e. The summed E-state index contributed by atoms with van der Waals surface area (Å²) in [7, 11) is 0. The summed E-state index contributed by atoms with van der Waals surface area (Å²) >= 11 is 15.5. The highest BCUT2D eigenvalue weighted by Gasteiger charge is 2.05. The molecule has 0 aliphatic rings. The molecular weight excluding hydrogens is 349 g/mol. The van der Waals surface area contributed by atoms with Crippen molar-refractivity contribution in [1.82, 2.24) is 4.98 Å². The largest absolute Gasteiger partial charge is 0.247 e. The summed E-state index contributed by atoms with van der Waals surface area (Å²) in [5.41, 5.74) is 0. The SMILES string of the molecule is Clc1cnc(Br)c(Br)c1Br. The molecule has 0 bridgehead atoms. The number of hydrogen-bond acceptors (Lipinski definition) is 1. The van der Waals surface area contributed by atoms with Gasteiger partial charge in [0.1, 0.15) is 4.60 Å². The number of pyridine rings is 1.